The van der Waals surface area contributed by atoms with E-state index in [0.29, 0.717) is 5.92 Å². The largest absolute Gasteiger partial charge is 0.512 e. The number of aromatic nitrogens is 1. The molecule has 1 radical (unpaired) electrons. The molecule has 0 amide bonds. The van der Waals surface area contributed by atoms with E-state index < -0.39 is 0 Å². The predicted octanol–water partition coefficient (Wildman–Crippen LogP) is 13.8. The molecule has 1 N–H and O–H groups in total. The molecule has 6 aromatic rings. The molecule has 5 nitrogen and oxygen atoms in total. The first-order valence-electron chi connectivity index (χ1n) is 19.5. The van der Waals surface area contributed by atoms with Crippen LogP contribution in [0.15, 0.2) is 81.3 Å². The Morgan fingerprint density at radius 3 is 2.17 bits per heavy atom. The van der Waals surface area contributed by atoms with Gasteiger partial charge in [-0.1, -0.05) is 110 Å². The van der Waals surface area contributed by atoms with Crippen molar-refractivity contribution in [1.29, 1.82) is 0 Å². The summed E-state index contributed by atoms with van der Waals surface area (Å²) >= 11 is 0. The van der Waals surface area contributed by atoms with Crippen LogP contribution in [0.1, 0.15) is 111 Å². The summed E-state index contributed by atoms with van der Waals surface area (Å²) in [6.45, 7) is 23.4. The van der Waals surface area contributed by atoms with Gasteiger partial charge in [-0.15, -0.1) is 29.1 Å². The molecule has 6 heteroatoms. The van der Waals surface area contributed by atoms with Gasteiger partial charge in [-0.3, -0.25) is 9.78 Å². The number of hydrogen-bond donors (Lipinski definition) is 1. The van der Waals surface area contributed by atoms with E-state index in [1.807, 2.05) is 40.7 Å². The van der Waals surface area contributed by atoms with Crippen molar-refractivity contribution >= 4 is 38.6 Å². The second-order valence-electron chi connectivity index (χ2n) is 16.0. The molecule has 0 saturated carbocycles. The molecule has 289 valence electrons. The fraction of sp³-hybridized carbons (Fsp3) is 0.417. The Hall–Kier alpha value is -3.99. The van der Waals surface area contributed by atoms with Crippen molar-refractivity contribution in [2.45, 2.75) is 114 Å². The maximum Gasteiger partial charge on any atom is 0.162 e. The van der Waals surface area contributed by atoms with E-state index in [4.69, 9.17) is 13.8 Å². The van der Waals surface area contributed by atoms with E-state index in [2.05, 4.69) is 102 Å². The average Bonchev–Trinajstić information content (AvgIpc) is 3.65. The number of aliphatic hydroxyl groups excluding tert-OH is 1. The Labute approximate surface area is 336 Å². The molecular weight excluding hydrogens is 847 g/mol. The van der Waals surface area contributed by atoms with Crippen LogP contribution in [0.2, 0.25) is 0 Å². The number of aliphatic hydroxyl groups is 1. The van der Waals surface area contributed by atoms with Crippen LogP contribution < -0.4 is 0 Å². The SMILES string of the molecule is CCC(CC)C(=O)/C=C(\O)C(CC)CC.Cc1cc2nc(-c3[c-]c4ccccc4c(C(C)(C)C)c3)cc(-c3ccc4c(C)c(CC(C)C)oc4c3)c2o1.[Ir]. The smallest absolute Gasteiger partial charge is 0.162 e. The van der Waals surface area contributed by atoms with Crippen LogP contribution in [0, 0.1) is 37.7 Å². The number of pyridine rings is 1. The molecule has 0 aliphatic rings. The maximum absolute atomic E-state index is 11.7. The van der Waals surface area contributed by atoms with E-state index in [-0.39, 0.29) is 48.9 Å². The first-order chi connectivity index (χ1) is 25.2. The van der Waals surface area contributed by atoms with E-state index >= 15 is 0 Å². The number of aryl methyl sites for hydroxylation is 2. The summed E-state index contributed by atoms with van der Waals surface area (Å²) in [4.78, 5) is 16.8. The number of allylic oxidation sites excluding steroid dienone is 2. The summed E-state index contributed by atoms with van der Waals surface area (Å²) in [6, 6.07) is 25.1. The molecule has 54 heavy (non-hydrogen) atoms. The molecule has 3 aromatic heterocycles. The third-order valence-corrected chi connectivity index (χ3v) is 10.5. The van der Waals surface area contributed by atoms with Gasteiger partial charge in [0.05, 0.1) is 5.76 Å². The number of benzene rings is 3. The van der Waals surface area contributed by atoms with Gasteiger partial charge in [0.2, 0.25) is 0 Å². The van der Waals surface area contributed by atoms with Gasteiger partial charge in [-0.2, -0.15) is 0 Å². The monoisotopic (exact) mass is 905 g/mol. The Kier molecular flexibility index (Phi) is 14.3. The Bertz CT molecular complexity index is 2240. The van der Waals surface area contributed by atoms with Gasteiger partial charge in [0.1, 0.15) is 22.6 Å². The van der Waals surface area contributed by atoms with Gasteiger partial charge in [0.15, 0.2) is 11.4 Å². The van der Waals surface area contributed by atoms with Gasteiger partial charge in [0.25, 0.3) is 0 Å². The molecule has 0 unspecified atom stereocenters. The summed E-state index contributed by atoms with van der Waals surface area (Å²) in [5.41, 5.74) is 9.02. The first-order valence-corrected chi connectivity index (χ1v) is 19.5. The van der Waals surface area contributed by atoms with Crippen molar-refractivity contribution in [2.75, 3.05) is 0 Å². The minimum atomic E-state index is -0.0154. The number of hydrogen-bond acceptors (Lipinski definition) is 5. The van der Waals surface area contributed by atoms with Crippen molar-refractivity contribution in [2.24, 2.45) is 17.8 Å². The topological polar surface area (TPSA) is 76.5 Å². The van der Waals surface area contributed by atoms with Crippen LogP contribution in [-0.2, 0) is 36.7 Å². The van der Waals surface area contributed by atoms with Crippen molar-refractivity contribution in [3.05, 3.63) is 101 Å². The summed E-state index contributed by atoms with van der Waals surface area (Å²) in [5, 5.41) is 13.3. The summed E-state index contributed by atoms with van der Waals surface area (Å²) in [7, 11) is 0. The molecule has 0 bridgehead atoms. The number of nitrogens with zero attached hydrogens (tertiary/aromatic N) is 1. The minimum absolute atomic E-state index is 0. The zero-order valence-corrected chi connectivity index (χ0v) is 36.5. The Morgan fingerprint density at radius 2 is 1.54 bits per heavy atom. The normalized spacial score (nSPS) is 12.2. The number of furan rings is 2. The van der Waals surface area contributed by atoms with Crippen LogP contribution in [-0.4, -0.2) is 15.9 Å². The molecular formula is C48H58IrNO4-. The molecule has 0 fully saturated rings. The van der Waals surface area contributed by atoms with Crippen molar-refractivity contribution < 1.29 is 38.8 Å². The molecule has 0 atom stereocenters. The van der Waals surface area contributed by atoms with Crippen molar-refractivity contribution in [3.8, 4) is 22.4 Å². The fourth-order valence-electron chi connectivity index (χ4n) is 7.27. The number of rotatable bonds is 11. The second kappa shape index (κ2) is 18.1. The van der Waals surface area contributed by atoms with Gasteiger partial charge in [-0.25, -0.2) is 0 Å². The van der Waals surface area contributed by atoms with Gasteiger partial charge >= 0.3 is 0 Å². The van der Waals surface area contributed by atoms with Crippen LogP contribution in [0.4, 0.5) is 0 Å². The quantitative estimate of drug-likeness (QED) is 0.0796. The molecule has 0 spiro atoms. The summed E-state index contributed by atoms with van der Waals surface area (Å²) in [6.07, 6.45) is 5.84. The number of carbonyl (C=O) groups excluding carboxylic acids is 1. The van der Waals surface area contributed by atoms with Crippen LogP contribution in [0.5, 0.6) is 0 Å². The third-order valence-electron chi connectivity index (χ3n) is 10.5. The molecule has 0 aliphatic heterocycles. The van der Waals surface area contributed by atoms with E-state index in [1.165, 1.54) is 28.0 Å². The van der Waals surface area contributed by atoms with E-state index in [9.17, 15) is 9.90 Å². The van der Waals surface area contributed by atoms with E-state index in [1.54, 1.807) is 0 Å². The molecule has 6 rings (SSSR count). The van der Waals surface area contributed by atoms with Crippen LogP contribution >= 0.6 is 0 Å². The number of ketones is 1. The maximum atomic E-state index is 11.7. The van der Waals surface area contributed by atoms with Gasteiger partial charge in [-0.05, 0) is 68.1 Å². The van der Waals surface area contributed by atoms with Crippen molar-refractivity contribution in [1.82, 2.24) is 4.98 Å². The van der Waals surface area contributed by atoms with Crippen molar-refractivity contribution in [3.63, 3.8) is 0 Å². The molecule has 0 aliphatic carbocycles. The van der Waals surface area contributed by atoms with Gasteiger partial charge < -0.3 is 13.9 Å². The standard InChI is InChI=1S/C35H34NO2.C13H24O2.Ir/c1-20(2)14-32-22(4)26-13-12-24(18-33(26)38-32)28-19-30(36-31-15-21(3)37-34(28)31)25-16-23-10-8-9-11-27(23)29(17-25)35(5,6)7;1-5-10(6-2)12(14)9-13(15)11(7-3)8-4;/h8-13,15,17-20H,14H2,1-7H3;9-11,14H,5-8H2,1-4H3;/q-1;;/b;12-9-;. The fourth-order valence-corrected chi connectivity index (χ4v) is 7.27. The summed E-state index contributed by atoms with van der Waals surface area (Å²) < 4.78 is 12.5. The Balaban J connectivity index is 0.000000347. The number of carbonyl (C=O) groups is 1. The third kappa shape index (κ3) is 9.44. The molecule has 3 aromatic carbocycles. The minimum Gasteiger partial charge on any atom is -0.512 e. The second-order valence-corrected chi connectivity index (χ2v) is 16.0. The number of fused-ring (bicyclic) bond motifs is 3. The molecule has 0 saturated heterocycles. The van der Waals surface area contributed by atoms with Crippen LogP contribution in [0.25, 0.3) is 55.2 Å². The average molecular weight is 905 g/mol. The zero-order chi connectivity index (χ0) is 38.6. The predicted molar refractivity (Wildman–Crippen MR) is 222 cm³/mol. The zero-order valence-electron chi connectivity index (χ0n) is 34.1. The van der Waals surface area contributed by atoms with E-state index in [0.717, 1.165) is 88.1 Å². The first kappa shape index (κ1) is 42.7. The Morgan fingerprint density at radius 1 is 0.870 bits per heavy atom. The summed E-state index contributed by atoms with van der Waals surface area (Å²) in [5.74, 6) is 3.00. The van der Waals surface area contributed by atoms with Gasteiger partial charge in [0, 0.05) is 67.1 Å². The molecule has 3 heterocycles. The van der Waals surface area contributed by atoms with Crippen LogP contribution in [0.3, 0.4) is 0 Å².